The second-order valence-electron chi connectivity index (χ2n) is 11.7. The molecule has 40 heavy (non-hydrogen) atoms. The first-order chi connectivity index (χ1) is 19.2. The standard InChI is InChI=1S/C33H42FN5O/c1-6-24(7-2)38-17-19-39(20-18-38)25-15-13-23(14-16-25)26-9-8-10-27-30(40)28-29(21(3)11-12-22(4)34)36-32(35)37-31(28)33(26,27)5/h8-10,12-16,21,24,26H,6-7,11,17-20H2,1-5H3,(H2,35,36,37). The number of allylic oxidation sites excluding steroid dienone is 6. The zero-order chi connectivity index (χ0) is 28.6. The Hall–Kier alpha value is -3.32. The van der Waals surface area contributed by atoms with Crippen LogP contribution in [0.4, 0.5) is 16.0 Å². The van der Waals surface area contributed by atoms with Crippen molar-refractivity contribution in [3.63, 3.8) is 0 Å². The Morgan fingerprint density at radius 1 is 1.15 bits per heavy atom. The van der Waals surface area contributed by atoms with Gasteiger partial charge in [0, 0.05) is 60.7 Å². The van der Waals surface area contributed by atoms with Crippen molar-refractivity contribution in [3.05, 3.63) is 82.5 Å². The summed E-state index contributed by atoms with van der Waals surface area (Å²) in [6, 6.07) is 9.48. The first-order valence-corrected chi connectivity index (χ1v) is 14.7. The lowest BCUT2D eigenvalue weighted by molar-refractivity contribution is 0.103. The number of benzene rings is 1. The minimum absolute atomic E-state index is 0.0541. The molecule has 7 heteroatoms. The van der Waals surface area contributed by atoms with Crippen molar-refractivity contribution < 1.29 is 9.18 Å². The van der Waals surface area contributed by atoms with Gasteiger partial charge in [-0.3, -0.25) is 9.69 Å². The number of Topliss-reactive ketones (excluding diaryl/α,β-unsaturated/α-hetero) is 1. The van der Waals surface area contributed by atoms with Crippen molar-refractivity contribution in [2.24, 2.45) is 0 Å². The lowest BCUT2D eigenvalue weighted by Crippen LogP contribution is -2.50. The van der Waals surface area contributed by atoms with E-state index >= 15 is 0 Å². The van der Waals surface area contributed by atoms with E-state index in [1.165, 1.54) is 31.5 Å². The number of anilines is 2. The Morgan fingerprint density at radius 3 is 2.45 bits per heavy atom. The molecule has 0 radical (unpaired) electrons. The summed E-state index contributed by atoms with van der Waals surface area (Å²) in [5.41, 5.74) is 10.4. The van der Waals surface area contributed by atoms with Gasteiger partial charge in [-0.15, -0.1) is 0 Å². The van der Waals surface area contributed by atoms with Crippen LogP contribution in [0.3, 0.4) is 0 Å². The van der Waals surface area contributed by atoms with Gasteiger partial charge in [0.05, 0.1) is 22.8 Å². The molecule has 0 bridgehead atoms. The first-order valence-electron chi connectivity index (χ1n) is 14.7. The highest BCUT2D eigenvalue weighted by Crippen LogP contribution is 2.54. The summed E-state index contributed by atoms with van der Waals surface area (Å²) >= 11 is 0. The van der Waals surface area contributed by atoms with Crippen LogP contribution < -0.4 is 10.6 Å². The van der Waals surface area contributed by atoms with Gasteiger partial charge in [0.2, 0.25) is 5.95 Å². The number of piperazine rings is 1. The summed E-state index contributed by atoms with van der Waals surface area (Å²) in [4.78, 5) is 28.1. The number of hydrogen-bond acceptors (Lipinski definition) is 6. The second kappa shape index (κ2) is 11.3. The van der Waals surface area contributed by atoms with E-state index in [0.717, 1.165) is 31.7 Å². The van der Waals surface area contributed by atoms with Gasteiger partial charge >= 0.3 is 0 Å². The number of aromatic nitrogens is 2. The quantitative estimate of drug-likeness (QED) is 0.411. The van der Waals surface area contributed by atoms with E-state index in [1.54, 1.807) is 0 Å². The fraction of sp³-hybridized carbons (Fsp3) is 0.485. The lowest BCUT2D eigenvalue weighted by atomic mass is 9.67. The number of rotatable bonds is 8. The monoisotopic (exact) mass is 543 g/mol. The smallest absolute Gasteiger partial charge is 0.220 e. The molecule has 212 valence electrons. The fourth-order valence-corrected chi connectivity index (χ4v) is 6.91. The van der Waals surface area contributed by atoms with Crippen LogP contribution in [-0.2, 0) is 5.41 Å². The van der Waals surface area contributed by atoms with Gasteiger partial charge in [-0.2, -0.15) is 0 Å². The van der Waals surface area contributed by atoms with Gasteiger partial charge in [-0.05, 0) is 50.8 Å². The van der Waals surface area contributed by atoms with Crippen LogP contribution in [0, 0.1) is 0 Å². The molecule has 0 spiro atoms. The normalized spacial score (nSPS) is 23.8. The number of nitrogen functional groups attached to an aromatic ring is 1. The van der Waals surface area contributed by atoms with E-state index < -0.39 is 5.41 Å². The van der Waals surface area contributed by atoms with Crippen LogP contribution in [0.2, 0.25) is 0 Å². The molecule has 3 unspecified atom stereocenters. The third-order valence-corrected chi connectivity index (χ3v) is 9.28. The molecular formula is C33H42FN5O. The SMILES string of the molecule is CCC(CC)N1CCN(c2ccc(C3C=CC=C4C(=O)c5c(C(C)CC=C(C)F)nc(N)nc5C43C)cc2)CC1. The minimum atomic E-state index is -0.666. The maximum Gasteiger partial charge on any atom is 0.220 e. The summed E-state index contributed by atoms with van der Waals surface area (Å²) in [5, 5.41) is 0. The molecule has 2 aliphatic carbocycles. The Bertz CT molecular complexity index is 1350. The molecule has 0 saturated carbocycles. The molecule has 1 saturated heterocycles. The van der Waals surface area contributed by atoms with Gasteiger partial charge in [0.25, 0.3) is 0 Å². The van der Waals surface area contributed by atoms with E-state index in [9.17, 15) is 9.18 Å². The number of nitrogens with zero attached hydrogens (tertiary/aromatic N) is 4. The molecule has 1 aromatic heterocycles. The molecule has 2 N–H and O–H groups in total. The van der Waals surface area contributed by atoms with E-state index in [2.05, 4.69) is 70.9 Å². The predicted molar refractivity (Wildman–Crippen MR) is 161 cm³/mol. The maximum absolute atomic E-state index is 13.8. The summed E-state index contributed by atoms with van der Waals surface area (Å²) in [7, 11) is 0. The van der Waals surface area contributed by atoms with Crippen LogP contribution in [0.25, 0.3) is 0 Å². The number of nitrogens with two attached hydrogens (primary N) is 1. The molecule has 1 aromatic carbocycles. The molecule has 2 aromatic rings. The highest BCUT2D eigenvalue weighted by atomic mass is 19.1. The number of carbonyl (C=O) groups excluding carboxylic acids is 1. The average molecular weight is 544 g/mol. The molecule has 5 rings (SSSR count). The zero-order valence-electron chi connectivity index (χ0n) is 24.5. The first kappa shape index (κ1) is 28.2. The van der Waals surface area contributed by atoms with Crippen molar-refractivity contribution in [1.29, 1.82) is 0 Å². The number of carbonyl (C=O) groups is 1. The highest BCUT2D eigenvalue weighted by molar-refractivity contribution is 6.16. The Labute approximate surface area is 237 Å². The third-order valence-electron chi connectivity index (χ3n) is 9.28. The van der Waals surface area contributed by atoms with E-state index in [0.29, 0.717) is 35.0 Å². The molecule has 6 nitrogen and oxygen atoms in total. The molecule has 2 heterocycles. The van der Waals surface area contributed by atoms with E-state index in [1.807, 2.05) is 19.1 Å². The third kappa shape index (κ3) is 4.89. The molecular weight excluding hydrogens is 501 g/mol. The fourth-order valence-electron chi connectivity index (χ4n) is 6.91. The number of fused-ring (bicyclic) bond motifs is 3. The van der Waals surface area contributed by atoms with Gasteiger partial charge in [0.15, 0.2) is 5.78 Å². The maximum atomic E-state index is 13.8. The summed E-state index contributed by atoms with van der Waals surface area (Å²) in [5.74, 6) is -0.409. The van der Waals surface area contributed by atoms with E-state index in [-0.39, 0.29) is 29.4 Å². The predicted octanol–water partition coefficient (Wildman–Crippen LogP) is 6.47. The van der Waals surface area contributed by atoms with Gasteiger partial charge < -0.3 is 10.6 Å². The Kier molecular flexibility index (Phi) is 7.96. The van der Waals surface area contributed by atoms with Crippen LogP contribution in [-0.4, -0.2) is 52.9 Å². The number of halogens is 1. The van der Waals surface area contributed by atoms with Crippen molar-refractivity contribution >= 4 is 17.4 Å². The summed E-state index contributed by atoms with van der Waals surface area (Å²) in [6.07, 6.45) is 10.4. The van der Waals surface area contributed by atoms with Crippen molar-refractivity contribution in [1.82, 2.24) is 14.9 Å². The van der Waals surface area contributed by atoms with Gasteiger partial charge in [-0.1, -0.05) is 57.2 Å². The highest BCUT2D eigenvalue weighted by Gasteiger charge is 2.53. The Balaban J connectivity index is 1.43. The molecule has 1 fully saturated rings. The second-order valence-corrected chi connectivity index (χ2v) is 11.7. The van der Waals surface area contributed by atoms with Crippen LogP contribution in [0.1, 0.15) is 93.0 Å². The van der Waals surface area contributed by atoms with Gasteiger partial charge in [-0.25, -0.2) is 14.4 Å². The minimum Gasteiger partial charge on any atom is -0.369 e. The van der Waals surface area contributed by atoms with Gasteiger partial charge in [0.1, 0.15) is 0 Å². The molecule has 3 atom stereocenters. The van der Waals surface area contributed by atoms with Crippen molar-refractivity contribution in [2.45, 2.75) is 77.2 Å². The van der Waals surface area contributed by atoms with Crippen LogP contribution >= 0.6 is 0 Å². The van der Waals surface area contributed by atoms with Crippen molar-refractivity contribution in [3.8, 4) is 0 Å². The van der Waals surface area contributed by atoms with E-state index in [4.69, 9.17) is 5.73 Å². The Morgan fingerprint density at radius 2 is 1.82 bits per heavy atom. The summed E-state index contributed by atoms with van der Waals surface area (Å²) < 4.78 is 13.5. The van der Waals surface area contributed by atoms with Crippen LogP contribution in [0.15, 0.2) is 60.0 Å². The molecule has 0 amide bonds. The number of ketones is 1. The average Bonchev–Trinajstić information content (AvgIpc) is 3.18. The topological polar surface area (TPSA) is 75.3 Å². The zero-order valence-corrected chi connectivity index (χ0v) is 24.5. The van der Waals surface area contributed by atoms with Crippen LogP contribution in [0.5, 0.6) is 0 Å². The number of hydrogen-bond donors (Lipinski definition) is 1. The van der Waals surface area contributed by atoms with Crippen molar-refractivity contribution in [2.75, 3.05) is 36.8 Å². The largest absolute Gasteiger partial charge is 0.369 e. The molecule has 1 aliphatic heterocycles. The molecule has 3 aliphatic rings. The summed E-state index contributed by atoms with van der Waals surface area (Å²) in [6.45, 7) is 14.3. The lowest BCUT2D eigenvalue weighted by Gasteiger charge is -2.40.